The molecule has 6 nitrogen and oxygen atoms in total. The van der Waals surface area contributed by atoms with Crippen molar-refractivity contribution in [3.63, 3.8) is 0 Å². The van der Waals surface area contributed by atoms with Gasteiger partial charge in [-0.1, -0.05) is 36.8 Å². The number of rotatable bonds is 6. The van der Waals surface area contributed by atoms with Gasteiger partial charge < -0.3 is 14.9 Å². The first-order valence-corrected chi connectivity index (χ1v) is 11.9. The maximum atomic E-state index is 12.4. The van der Waals surface area contributed by atoms with Crippen molar-refractivity contribution >= 4 is 22.5 Å². The highest BCUT2D eigenvalue weighted by molar-refractivity contribution is 5.86. The summed E-state index contributed by atoms with van der Waals surface area (Å²) in [5, 5.41) is 15.7. The van der Waals surface area contributed by atoms with Crippen molar-refractivity contribution in [3.8, 4) is 0 Å². The zero-order chi connectivity index (χ0) is 22.1. The number of aromatic nitrogens is 2. The minimum Gasteiger partial charge on any atom is -0.387 e. The Morgan fingerprint density at radius 1 is 1.12 bits per heavy atom. The lowest BCUT2D eigenvalue weighted by molar-refractivity contribution is -0.136. The van der Waals surface area contributed by atoms with Crippen molar-refractivity contribution in [2.75, 3.05) is 31.1 Å². The van der Waals surface area contributed by atoms with E-state index in [0.717, 1.165) is 26.1 Å². The van der Waals surface area contributed by atoms with Gasteiger partial charge in [-0.15, -0.1) is 0 Å². The van der Waals surface area contributed by atoms with E-state index in [2.05, 4.69) is 46.8 Å². The molecule has 0 bridgehead atoms. The lowest BCUT2D eigenvalue weighted by Crippen LogP contribution is -2.56. The first-order chi connectivity index (χ1) is 15.7. The minimum atomic E-state index is -0.432. The van der Waals surface area contributed by atoms with Gasteiger partial charge in [-0.05, 0) is 49.9 Å². The van der Waals surface area contributed by atoms with Gasteiger partial charge in [0.25, 0.3) is 0 Å². The number of aliphatic hydroxyl groups is 1. The lowest BCUT2D eigenvalue weighted by atomic mass is 9.82. The van der Waals surface area contributed by atoms with Crippen molar-refractivity contribution < 1.29 is 9.90 Å². The average Bonchev–Trinajstić information content (AvgIpc) is 3.15. The van der Waals surface area contributed by atoms with E-state index in [9.17, 15) is 9.90 Å². The highest BCUT2D eigenvalue weighted by Gasteiger charge is 2.31. The lowest BCUT2D eigenvalue weighted by Gasteiger charge is -2.42. The number of benzene rings is 2. The molecule has 1 aliphatic heterocycles. The molecule has 0 spiro atoms. The summed E-state index contributed by atoms with van der Waals surface area (Å²) in [6, 6.07) is 17.1. The summed E-state index contributed by atoms with van der Waals surface area (Å²) < 4.78 is 2.13. The van der Waals surface area contributed by atoms with Gasteiger partial charge in [-0.25, -0.2) is 0 Å². The molecule has 3 aromatic rings. The van der Waals surface area contributed by atoms with Crippen LogP contribution >= 0.6 is 0 Å². The fourth-order valence-electron chi connectivity index (χ4n) is 5.18. The molecule has 6 heteroatoms. The Kier molecular flexibility index (Phi) is 5.87. The number of carbonyl (C=O) groups is 1. The molecule has 1 N–H and O–H groups in total. The fraction of sp³-hybridized carbons (Fsp3) is 0.462. The van der Waals surface area contributed by atoms with Gasteiger partial charge in [0, 0.05) is 43.2 Å². The summed E-state index contributed by atoms with van der Waals surface area (Å²) in [7, 11) is 0. The molecule has 2 fully saturated rings. The van der Waals surface area contributed by atoms with Gasteiger partial charge in [-0.3, -0.25) is 9.48 Å². The molecule has 1 saturated carbocycles. The molecule has 32 heavy (non-hydrogen) atoms. The smallest absolute Gasteiger partial charge is 0.248 e. The van der Waals surface area contributed by atoms with E-state index in [1.807, 2.05) is 23.1 Å². The van der Waals surface area contributed by atoms with E-state index in [4.69, 9.17) is 5.10 Å². The van der Waals surface area contributed by atoms with Crippen LogP contribution in [0.1, 0.15) is 43.4 Å². The molecule has 168 valence electrons. The molecular weight excluding hydrogens is 400 g/mol. The van der Waals surface area contributed by atoms with Crippen LogP contribution < -0.4 is 4.90 Å². The zero-order valence-corrected chi connectivity index (χ0v) is 18.8. The summed E-state index contributed by atoms with van der Waals surface area (Å²) in [5.41, 5.74) is 4.88. The summed E-state index contributed by atoms with van der Waals surface area (Å²) in [6.07, 6.45) is 4.56. The number of aryl methyl sites for hydroxylation is 1. The second kappa shape index (κ2) is 8.94. The highest BCUT2D eigenvalue weighted by Crippen LogP contribution is 2.40. The van der Waals surface area contributed by atoms with Gasteiger partial charge in [0.05, 0.1) is 17.3 Å². The topological polar surface area (TPSA) is 61.6 Å². The first kappa shape index (κ1) is 21.0. The third kappa shape index (κ3) is 3.88. The summed E-state index contributed by atoms with van der Waals surface area (Å²) >= 11 is 0. The van der Waals surface area contributed by atoms with E-state index in [1.165, 1.54) is 47.1 Å². The molecule has 2 aliphatic rings. The Labute approximate surface area is 189 Å². The number of hydrogen-bond acceptors (Lipinski definition) is 4. The predicted octanol–water partition coefficient (Wildman–Crippen LogP) is 3.58. The average molecular weight is 433 g/mol. The molecule has 2 heterocycles. The van der Waals surface area contributed by atoms with E-state index in [1.54, 1.807) is 0 Å². The van der Waals surface area contributed by atoms with Crippen molar-refractivity contribution in [1.82, 2.24) is 14.7 Å². The van der Waals surface area contributed by atoms with Gasteiger partial charge in [-0.2, -0.15) is 5.10 Å². The highest BCUT2D eigenvalue weighted by atomic mass is 16.3. The second-order valence-corrected chi connectivity index (χ2v) is 9.07. The van der Waals surface area contributed by atoms with Crippen LogP contribution in [0.5, 0.6) is 0 Å². The molecule has 1 aliphatic carbocycles. The van der Waals surface area contributed by atoms with Gasteiger partial charge in [0.2, 0.25) is 5.91 Å². The number of hydrogen-bond donors (Lipinski definition) is 1. The zero-order valence-electron chi connectivity index (χ0n) is 18.8. The fourth-order valence-corrected chi connectivity index (χ4v) is 5.18. The first-order valence-electron chi connectivity index (χ1n) is 11.9. The van der Waals surface area contributed by atoms with Crippen LogP contribution in [-0.2, 0) is 17.8 Å². The maximum absolute atomic E-state index is 12.4. The molecule has 0 radical (unpaired) electrons. The molecule has 0 unspecified atom stereocenters. The standard InChI is InChI=1S/C26H32N4O2/c1-2-30-24-12-11-21(16-23(24)26(27-30)20-9-6-10-20)28-13-14-29(25(32)18-31)22(17-28)15-19-7-4-3-5-8-19/h3-5,7-8,11-12,16,20,22,31H,2,6,9-10,13-15,17-18H2,1H3/t22-/m0/s1. The number of piperazine rings is 1. The van der Waals surface area contributed by atoms with E-state index >= 15 is 0 Å². The number of amides is 1. The SMILES string of the molecule is CCn1nc(C2CCC2)c2cc(N3CCN(C(=O)CO)[C@@H](Cc4ccccc4)C3)ccc21. The minimum absolute atomic E-state index is 0.0333. The predicted molar refractivity (Wildman–Crippen MR) is 127 cm³/mol. The maximum Gasteiger partial charge on any atom is 0.248 e. The van der Waals surface area contributed by atoms with Crippen LogP contribution in [0.3, 0.4) is 0 Å². The molecule has 1 amide bonds. The Balaban J connectivity index is 1.44. The number of fused-ring (bicyclic) bond motifs is 1. The summed E-state index contributed by atoms with van der Waals surface area (Å²) in [6.45, 7) is 4.74. The molecule has 1 atom stereocenters. The van der Waals surface area contributed by atoms with E-state index in [0.29, 0.717) is 12.5 Å². The molecule has 5 rings (SSSR count). The van der Waals surface area contributed by atoms with Gasteiger partial charge in [0.15, 0.2) is 0 Å². The third-order valence-electron chi connectivity index (χ3n) is 7.17. The largest absolute Gasteiger partial charge is 0.387 e. The number of anilines is 1. The van der Waals surface area contributed by atoms with E-state index in [-0.39, 0.29) is 11.9 Å². The van der Waals surface area contributed by atoms with Crippen LogP contribution in [0.2, 0.25) is 0 Å². The number of aliphatic hydroxyl groups excluding tert-OH is 1. The normalized spacial score (nSPS) is 19.4. The van der Waals surface area contributed by atoms with Crippen molar-refractivity contribution in [3.05, 3.63) is 59.8 Å². The third-order valence-corrected chi connectivity index (χ3v) is 7.17. The van der Waals surface area contributed by atoms with Crippen LogP contribution in [-0.4, -0.2) is 58.0 Å². The Morgan fingerprint density at radius 2 is 1.94 bits per heavy atom. The molecular formula is C26H32N4O2. The summed E-state index contributed by atoms with van der Waals surface area (Å²) in [4.78, 5) is 16.7. The van der Waals surface area contributed by atoms with Crippen molar-refractivity contribution in [1.29, 1.82) is 0 Å². The summed E-state index contributed by atoms with van der Waals surface area (Å²) in [5.74, 6) is 0.405. The quantitative estimate of drug-likeness (QED) is 0.647. The van der Waals surface area contributed by atoms with Crippen LogP contribution in [0.15, 0.2) is 48.5 Å². The van der Waals surface area contributed by atoms with Crippen LogP contribution in [0, 0.1) is 0 Å². The molecule has 1 saturated heterocycles. The molecule has 1 aromatic heterocycles. The van der Waals surface area contributed by atoms with Crippen LogP contribution in [0.4, 0.5) is 5.69 Å². The molecule has 2 aromatic carbocycles. The van der Waals surface area contributed by atoms with E-state index < -0.39 is 6.61 Å². The van der Waals surface area contributed by atoms with Crippen LogP contribution in [0.25, 0.3) is 10.9 Å². The second-order valence-electron chi connectivity index (χ2n) is 9.07. The van der Waals surface area contributed by atoms with Gasteiger partial charge >= 0.3 is 0 Å². The van der Waals surface area contributed by atoms with Crippen molar-refractivity contribution in [2.45, 2.75) is 51.1 Å². The number of carbonyl (C=O) groups excluding carboxylic acids is 1. The van der Waals surface area contributed by atoms with Crippen molar-refractivity contribution in [2.24, 2.45) is 0 Å². The van der Waals surface area contributed by atoms with Gasteiger partial charge in [0.1, 0.15) is 6.61 Å². The Morgan fingerprint density at radius 3 is 2.62 bits per heavy atom. The Bertz CT molecular complexity index is 1090. The number of nitrogens with zero attached hydrogens (tertiary/aromatic N) is 4. The monoisotopic (exact) mass is 432 g/mol. The Hall–Kier alpha value is -2.86.